The number of likely N-dealkylation sites (tertiary alicyclic amines) is 1. The van der Waals surface area contributed by atoms with Crippen molar-refractivity contribution in [3.05, 3.63) is 34.4 Å². The molecule has 2 atom stereocenters. The zero-order valence-electron chi connectivity index (χ0n) is 13.6. The Kier molecular flexibility index (Phi) is 5.22. The average Bonchev–Trinajstić information content (AvgIpc) is 2.64. The molecule has 112 valence electrons. The van der Waals surface area contributed by atoms with Gasteiger partial charge in [0.15, 0.2) is 0 Å². The lowest BCUT2D eigenvalue weighted by Gasteiger charge is -2.35. The van der Waals surface area contributed by atoms with Crippen LogP contribution >= 0.6 is 0 Å². The summed E-state index contributed by atoms with van der Waals surface area (Å²) in [5.74, 6) is 0.596. The summed E-state index contributed by atoms with van der Waals surface area (Å²) in [6.45, 7) is 12.1. The van der Waals surface area contributed by atoms with Crippen LogP contribution in [0, 0.1) is 26.7 Å². The molecule has 0 saturated carbocycles. The summed E-state index contributed by atoms with van der Waals surface area (Å²) in [6.07, 6.45) is 3.90. The Hall–Kier alpha value is -0.860. The van der Waals surface area contributed by atoms with Crippen LogP contribution in [0.5, 0.6) is 0 Å². The molecule has 20 heavy (non-hydrogen) atoms. The first-order chi connectivity index (χ1) is 9.58. The fourth-order valence-electron chi connectivity index (χ4n) is 3.67. The number of benzene rings is 1. The van der Waals surface area contributed by atoms with Gasteiger partial charge in [0, 0.05) is 6.04 Å². The standard InChI is InChI=1S/C18H30N2/c1-5-20-9-7-6-8-16(12-19)18(20)17-11-14(3)13(2)10-15(17)4/h10-11,16,18H,5-9,12,19H2,1-4H3. The van der Waals surface area contributed by atoms with Crippen molar-refractivity contribution in [3.63, 3.8) is 0 Å². The highest BCUT2D eigenvalue weighted by atomic mass is 15.2. The lowest BCUT2D eigenvalue weighted by atomic mass is 9.85. The van der Waals surface area contributed by atoms with Crippen molar-refractivity contribution in [2.75, 3.05) is 19.6 Å². The van der Waals surface area contributed by atoms with Gasteiger partial charge in [-0.1, -0.05) is 25.5 Å². The van der Waals surface area contributed by atoms with Gasteiger partial charge in [0.1, 0.15) is 0 Å². The lowest BCUT2D eigenvalue weighted by molar-refractivity contribution is 0.166. The van der Waals surface area contributed by atoms with Crippen molar-refractivity contribution in [3.8, 4) is 0 Å². The Morgan fingerprint density at radius 3 is 2.45 bits per heavy atom. The first-order valence-electron chi connectivity index (χ1n) is 8.10. The maximum atomic E-state index is 6.11. The van der Waals surface area contributed by atoms with E-state index in [1.165, 1.54) is 48.1 Å². The number of nitrogens with zero attached hydrogens (tertiary/aromatic N) is 1. The Labute approximate surface area is 124 Å². The van der Waals surface area contributed by atoms with E-state index in [9.17, 15) is 0 Å². The summed E-state index contributed by atoms with van der Waals surface area (Å²) >= 11 is 0. The topological polar surface area (TPSA) is 29.3 Å². The Balaban J connectivity index is 2.45. The predicted molar refractivity (Wildman–Crippen MR) is 87.0 cm³/mol. The minimum absolute atomic E-state index is 0.506. The second-order valence-electron chi connectivity index (χ2n) is 6.36. The van der Waals surface area contributed by atoms with Gasteiger partial charge in [0.05, 0.1) is 0 Å². The molecule has 1 heterocycles. The summed E-state index contributed by atoms with van der Waals surface area (Å²) in [5.41, 5.74) is 11.8. The van der Waals surface area contributed by atoms with Crippen molar-refractivity contribution in [1.82, 2.24) is 4.90 Å². The number of hydrogen-bond acceptors (Lipinski definition) is 2. The number of nitrogens with two attached hydrogens (primary N) is 1. The summed E-state index contributed by atoms with van der Waals surface area (Å²) in [4.78, 5) is 2.64. The van der Waals surface area contributed by atoms with E-state index in [-0.39, 0.29) is 0 Å². The smallest absolute Gasteiger partial charge is 0.0390 e. The number of hydrogen-bond donors (Lipinski definition) is 1. The largest absolute Gasteiger partial charge is 0.330 e. The van der Waals surface area contributed by atoms with Gasteiger partial charge in [-0.25, -0.2) is 0 Å². The molecule has 2 heteroatoms. The van der Waals surface area contributed by atoms with Gasteiger partial charge in [0.2, 0.25) is 0 Å². The average molecular weight is 274 g/mol. The highest BCUT2D eigenvalue weighted by molar-refractivity contribution is 5.38. The van der Waals surface area contributed by atoms with Crippen LogP contribution in [-0.4, -0.2) is 24.5 Å². The second kappa shape index (κ2) is 6.73. The fourth-order valence-corrected chi connectivity index (χ4v) is 3.67. The molecule has 2 N–H and O–H groups in total. The van der Waals surface area contributed by atoms with E-state index in [1.54, 1.807) is 0 Å². The van der Waals surface area contributed by atoms with E-state index in [0.717, 1.165) is 13.1 Å². The van der Waals surface area contributed by atoms with Gasteiger partial charge in [0.25, 0.3) is 0 Å². The van der Waals surface area contributed by atoms with Gasteiger partial charge in [-0.15, -0.1) is 0 Å². The molecule has 1 aromatic rings. The summed E-state index contributed by atoms with van der Waals surface area (Å²) < 4.78 is 0. The van der Waals surface area contributed by atoms with E-state index in [1.807, 2.05) is 0 Å². The minimum atomic E-state index is 0.506. The number of rotatable bonds is 3. The van der Waals surface area contributed by atoms with Crippen molar-refractivity contribution in [1.29, 1.82) is 0 Å². The van der Waals surface area contributed by atoms with E-state index in [4.69, 9.17) is 5.73 Å². The molecule has 0 aliphatic carbocycles. The molecule has 1 aliphatic heterocycles. The highest BCUT2D eigenvalue weighted by Crippen LogP contribution is 2.36. The predicted octanol–water partition coefficient (Wildman–Crippen LogP) is 3.73. The van der Waals surface area contributed by atoms with Crippen LogP contribution in [0.25, 0.3) is 0 Å². The normalized spacial score (nSPS) is 24.6. The molecule has 0 bridgehead atoms. The van der Waals surface area contributed by atoms with Crippen LogP contribution in [0.15, 0.2) is 12.1 Å². The Bertz CT molecular complexity index is 439. The van der Waals surface area contributed by atoms with Crippen LogP contribution in [0.2, 0.25) is 0 Å². The third-order valence-corrected chi connectivity index (χ3v) is 5.02. The molecule has 1 aromatic carbocycles. The number of aryl methyl sites for hydroxylation is 3. The van der Waals surface area contributed by atoms with Crippen molar-refractivity contribution in [2.24, 2.45) is 11.7 Å². The third kappa shape index (κ3) is 3.07. The zero-order valence-corrected chi connectivity index (χ0v) is 13.6. The van der Waals surface area contributed by atoms with E-state index in [2.05, 4.69) is 44.7 Å². The van der Waals surface area contributed by atoms with E-state index >= 15 is 0 Å². The van der Waals surface area contributed by atoms with Gasteiger partial charge < -0.3 is 5.73 Å². The third-order valence-electron chi connectivity index (χ3n) is 5.02. The van der Waals surface area contributed by atoms with E-state index in [0.29, 0.717) is 12.0 Å². The molecule has 0 radical (unpaired) electrons. The summed E-state index contributed by atoms with van der Waals surface area (Å²) in [5, 5.41) is 0. The van der Waals surface area contributed by atoms with Gasteiger partial charge in [-0.2, -0.15) is 0 Å². The SMILES string of the molecule is CCN1CCCCC(CN)C1c1cc(C)c(C)cc1C. The molecule has 0 aromatic heterocycles. The van der Waals surface area contributed by atoms with Crippen molar-refractivity contribution < 1.29 is 0 Å². The molecule has 0 spiro atoms. The highest BCUT2D eigenvalue weighted by Gasteiger charge is 2.30. The molecule has 2 rings (SSSR count). The maximum Gasteiger partial charge on any atom is 0.0390 e. The van der Waals surface area contributed by atoms with Gasteiger partial charge in [-0.3, -0.25) is 4.90 Å². The van der Waals surface area contributed by atoms with Crippen molar-refractivity contribution in [2.45, 2.75) is 53.0 Å². The monoisotopic (exact) mass is 274 g/mol. The molecule has 1 fully saturated rings. The maximum absolute atomic E-state index is 6.11. The molecule has 2 nitrogen and oxygen atoms in total. The molecule has 2 unspecified atom stereocenters. The molecule has 1 saturated heterocycles. The van der Waals surface area contributed by atoms with Crippen LogP contribution in [0.1, 0.15) is 54.5 Å². The zero-order chi connectivity index (χ0) is 14.7. The van der Waals surface area contributed by atoms with Gasteiger partial charge >= 0.3 is 0 Å². The lowest BCUT2D eigenvalue weighted by Crippen LogP contribution is -2.36. The molecule has 1 aliphatic rings. The quantitative estimate of drug-likeness (QED) is 0.910. The Morgan fingerprint density at radius 2 is 1.80 bits per heavy atom. The van der Waals surface area contributed by atoms with Crippen LogP contribution in [0.3, 0.4) is 0 Å². The molecular weight excluding hydrogens is 244 g/mol. The molecule has 0 amide bonds. The van der Waals surface area contributed by atoms with Crippen LogP contribution in [0.4, 0.5) is 0 Å². The molecular formula is C18H30N2. The second-order valence-corrected chi connectivity index (χ2v) is 6.36. The van der Waals surface area contributed by atoms with Crippen molar-refractivity contribution >= 4 is 0 Å². The Morgan fingerprint density at radius 1 is 1.10 bits per heavy atom. The van der Waals surface area contributed by atoms with E-state index < -0.39 is 0 Å². The first kappa shape index (κ1) is 15.5. The van der Waals surface area contributed by atoms with Crippen LogP contribution in [-0.2, 0) is 0 Å². The first-order valence-corrected chi connectivity index (χ1v) is 8.10. The summed E-state index contributed by atoms with van der Waals surface area (Å²) in [7, 11) is 0. The van der Waals surface area contributed by atoms with Crippen LogP contribution < -0.4 is 5.73 Å². The summed E-state index contributed by atoms with van der Waals surface area (Å²) in [6, 6.07) is 5.26. The minimum Gasteiger partial charge on any atom is -0.330 e. The fraction of sp³-hybridized carbons (Fsp3) is 0.667. The van der Waals surface area contributed by atoms with Gasteiger partial charge in [-0.05, 0) is 81.4 Å².